The molecule has 0 bridgehead atoms. The van der Waals surface area contributed by atoms with Gasteiger partial charge in [0.05, 0.1) is 0 Å². The third kappa shape index (κ3) is 5.85. The van der Waals surface area contributed by atoms with Crippen molar-refractivity contribution >= 4 is 17.6 Å². The van der Waals surface area contributed by atoms with Crippen molar-refractivity contribution in [2.45, 2.75) is 25.8 Å². The Hall–Kier alpha value is -1.26. The fraction of sp³-hybridized carbons (Fsp3) is 0.588. The van der Waals surface area contributed by atoms with Crippen LogP contribution in [-0.2, 0) is 11.3 Å². The van der Waals surface area contributed by atoms with Gasteiger partial charge in [-0.2, -0.15) is 0 Å². The molecule has 0 aliphatic heterocycles. The average Bonchev–Trinajstić information content (AvgIpc) is 3.33. The van der Waals surface area contributed by atoms with Crippen LogP contribution < -0.4 is 5.32 Å². The van der Waals surface area contributed by atoms with Crippen molar-refractivity contribution < 1.29 is 4.74 Å². The first kappa shape index (κ1) is 17.1. The number of hydrogen-bond acceptors (Lipinski definition) is 2. The number of halogens is 1. The quantitative estimate of drug-likeness (QED) is 0.453. The van der Waals surface area contributed by atoms with Gasteiger partial charge in [-0.25, -0.2) is 0 Å². The van der Waals surface area contributed by atoms with Gasteiger partial charge in [0, 0.05) is 45.4 Å². The Labute approximate surface area is 138 Å². The van der Waals surface area contributed by atoms with Crippen LogP contribution in [0.2, 0.25) is 5.02 Å². The molecule has 5 heteroatoms. The van der Waals surface area contributed by atoms with E-state index in [2.05, 4.69) is 15.2 Å². The first-order chi connectivity index (χ1) is 10.7. The number of hydrogen-bond donors (Lipinski definition) is 1. The third-order valence-electron chi connectivity index (χ3n) is 3.74. The van der Waals surface area contributed by atoms with Crippen molar-refractivity contribution in [3.8, 4) is 0 Å². The summed E-state index contributed by atoms with van der Waals surface area (Å²) in [6, 6.07) is 7.90. The first-order valence-corrected chi connectivity index (χ1v) is 8.31. The monoisotopic (exact) mass is 323 g/mol. The minimum atomic E-state index is 0.734. The standard InChI is InChI=1S/C17H26ClN3O/c1-19-17(20-10-5-11-22-13-14-8-9-14)21(2)12-15-6-3-4-7-16(15)18/h3-4,6-7,14H,5,8-13H2,1-2H3,(H,19,20). The lowest BCUT2D eigenvalue weighted by molar-refractivity contribution is 0.122. The maximum atomic E-state index is 6.20. The van der Waals surface area contributed by atoms with Gasteiger partial charge in [0.25, 0.3) is 0 Å². The molecule has 2 rings (SSSR count). The van der Waals surface area contributed by atoms with Gasteiger partial charge >= 0.3 is 0 Å². The summed E-state index contributed by atoms with van der Waals surface area (Å²) in [5, 5.41) is 4.16. The van der Waals surface area contributed by atoms with E-state index in [-0.39, 0.29) is 0 Å². The molecule has 0 unspecified atom stereocenters. The van der Waals surface area contributed by atoms with Crippen LogP contribution in [0.4, 0.5) is 0 Å². The normalized spacial score (nSPS) is 15.0. The molecule has 1 fully saturated rings. The number of nitrogens with one attached hydrogen (secondary N) is 1. The molecule has 1 saturated carbocycles. The van der Waals surface area contributed by atoms with E-state index in [9.17, 15) is 0 Å². The number of rotatable bonds is 8. The summed E-state index contributed by atoms with van der Waals surface area (Å²) in [7, 11) is 3.82. The second-order valence-corrected chi connectivity index (χ2v) is 6.20. The fourth-order valence-electron chi connectivity index (χ4n) is 2.25. The highest BCUT2D eigenvalue weighted by atomic mass is 35.5. The molecule has 1 aliphatic rings. The topological polar surface area (TPSA) is 36.9 Å². The molecule has 0 atom stereocenters. The van der Waals surface area contributed by atoms with Crippen LogP contribution in [0.5, 0.6) is 0 Å². The lowest BCUT2D eigenvalue weighted by atomic mass is 10.2. The van der Waals surface area contributed by atoms with Crippen molar-refractivity contribution in [3.63, 3.8) is 0 Å². The predicted octanol–water partition coefficient (Wildman–Crippen LogP) is 3.16. The van der Waals surface area contributed by atoms with E-state index in [4.69, 9.17) is 16.3 Å². The summed E-state index contributed by atoms with van der Waals surface area (Å²) in [6.07, 6.45) is 3.68. The lowest BCUT2D eigenvalue weighted by Gasteiger charge is -2.22. The molecular formula is C17H26ClN3O. The minimum absolute atomic E-state index is 0.734. The summed E-state index contributed by atoms with van der Waals surface area (Å²) >= 11 is 6.20. The number of guanidine groups is 1. The predicted molar refractivity (Wildman–Crippen MR) is 92.4 cm³/mol. The molecule has 0 saturated heterocycles. The average molecular weight is 324 g/mol. The van der Waals surface area contributed by atoms with Gasteiger partial charge in [0.2, 0.25) is 0 Å². The smallest absolute Gasteiger partial charge is 0.193 e. The Morgan fingerprint density at radius 2 is 2.18 bits per heavy atom. The Bertz CT molecular complexity index is 489. The minimum Gasteiger partial charge on any atom is -0.381 e. The molecule has 22 heavy (non-hydrogen) atoms. The van der Waals surface area contributed by atoms with Crippen molar-refractivity contribution in [2.24, 2.45) is 10.9 Å². The zero-order valence-electron chi connectivity index (χ0n) is 13.5. The summed E-state index contributed by atoms with van der Waals surface area (Å²) in [4.78, 5) is 6.39. The SMILES string of the molecule is CN=C(NCCCOCC1CC1)N(C)Cc1ccccc1Cl. The maximum Gasteiger partial charge on any atom is 0.193 e. The molecule has 1 aliphatic carbocycles. The highest BCUT2D eigenvalue weighted by molar-refractivity contribution is 6.31. The van der Waals surface area contributed by atoms with E-state index < -0.39 is 0 Å². The van der Waals surface area contributed by atoms with Crippen LogP contribution in [0.1, 0.15) is 24.8 Å². The van der Waals surface area contributed by atoms with Crippen LogP contribution in [-0.4, -0.2) is 44.7 Å². The van der Waals surface area contributed by atoms with E-state index in [0.29, 0.717) is 0 Å². The Morgan fingerprint density at radius 3 is 2.86 bits per heavy atom. The molecule has 4 nitrogen and oxygen atoms in total. The largest absolute Gasteiger partial charge is 0.381 e. The highest BCUT2D eigenvalue weighted by Crippen LogP contribution is 2.28. The van der Waals surface area contributed by atoms with E-state index in [0.717, 1.165) is 55.2 Å². The first-order valence-electron chi connectivity index (χ1n) is 7.93. The van der Waals surface area contributed by atoms with Crippen molar-refractivity contribution in [1.29, 1.82) is 0 Å². The van der Waals surface area contributed by atoms with Gasteiger partial charge in [-0.05, 0) is 36.8 Å². The Kier molecular flexibility index (Phi) is 7.00. The van der Waals surface area contributed by atoms with Crippen LogP contribution in [0.15, 0.2) is 29.3 Å². The molecule has 0 spiro atoms. The number of nitrogens with zero attached hydrogens (tertiary/aromatic N) is 2. The van der Waals surface area contributed by atoms with Gasteiger partial charge in [0.15, 0.2) is 5.96 Å². The maximum absolute atomic E-state index is 6.20. The molecule has 0 amide bonds. The molecule has 122 valence electrons. The summed E-state index contributed by atoms with van der Waals surface area (Å²) in [5.74, 6) is 1.71. The lowest BCUT2D eigenvalue weighted by Crippen LogP contribution is -2.39. The van der Waals surface area contributed by atoms with E-state index >= 15 is 0 Å². The van der Waals surface area contributed by atoms with Gasteiger partial charge in [-0.3, -0.25) is 4.99 Å². The van der Waals surface area contributed by atoms with Crippen LogP contribution in [0.25, 0.3) is 0 Å². The summed E-state index contributed by atoms with van der Waals surface area (Å²) in [5.41, 5.74) is 1.10. The second kappa shape index (κ2) is 9.01. The summed E-state index contributed by atoms with van der Waals surface area (Å²) in [6.45, 7) is 3.34. The van der Waals surface area contributed by atoms with Gasteiger partial charge in [-0.1, -0.05) is 29.8 Å². The number of benzene rings is 1. The molecule has 1 aromatic carbocycles. The molecule has 0 aromatic heterocycles. The number of aliphatic imine (C=N–C) groups is 1. The van der Waals surface area contributed by atoms with E-state index in [1.165, 1.54) is 12.8 Å². The van der Waals surface area contributed by atoms with Gasteiger partial charge in [-0.15, -0.1) is 0 Å². The zero-order chi connectivity index (χ0) is 15.8. The molecule has 0 radical (unpaired) electrons. The van der Waals surface area contributed by atoms with E-state index in [1.807, 2.05) is 31.3 Å². The van der Waals surface area contributed by atoms with E-state index in [1.54, 1.807) is 7.05 Å². The molecule has 0 heterocycles. The third-order valence-corrected chi connectivity index (χ3v) is 4.11. The van der Waals surface area contributed by atoms with Crippen molar-refractivity contribution in [3.05, 3.63) is 34.9 Å². The van der Waals surface area contributed by atoms with Crippen LogP contribution in [0.3, 0.4) is 0 Å². The zero-order valence-corrected chi connectivity index (χ0v) is 14.3. The highest BCUT2D eigenvalue weighted by Gasteiger charge is 2.20. The van der Waals surface area contributed by atoms with Crippen LogP contribution in [0, 0.1) is 5.92 Å². The van der Waals surface area contributed by atoms with Crippen LogP contribution >= 0.6 is 11.6 Å². The Morgan fingerprint density at radius 1 is 1.41 bits per heavy atom. The number of ether oxygens (including phenoxy) is 1. The molecular weight excluding hydrogens is 298 g/mol. The fourth-order valence-corrected chi connectivity index (χ4v) is 2.45. The summed E-state index contributed by atoms with van der Waals surface area (Å²) < 4.78 is 5.63. The Balaban J connectivity index is 1.67. The van der Waals surface area contributed by atoms with Crippen molar-refractivity contribution in [1.82, 2.24) is 10.2 Å². The molecule has 1 N–H and O–H groups in total. The van der Waals surface area contributed by atoms with Gasteiger partial charge in [0.1, 0.15) is 0 Å². The van der Waals surface area contributed by atoms with Crippen molar-refractivity contribution in [2.75, 3.05) is 33.9 Å². The second-order valence-electron chi connectivity index (χ2n) is 5.79. The van der Waals surface area contributed by atoms with Gasteiger partial charge < -0.3 is 15.0 Å². The molecule has 1 aromatic rings.